The second-order valence-corrected chi connectivity index (χ2v) is 8.61. The van der Waals surface area contributed by atoms with Gasteiger partial charge < -0.3 is 14.6 Å². The Bertz CT molecular complexity index is 1210. The predicted octanol–water partition coefficient (Wildman–Crippen LogP) is 1.30. The molecule has 0 spiro atoms. The highest BCUT2D eigenvalue weighted by molar-refractivity contribution is 7.73. The van der Waals surface area contributed by atoms with Crippen LogP contribution in [0.5, 0.6) is 5.75 Å². The Morgan fingerprint density at radius 2 is 2.06 bits per heavy atom. The number of hydrogen-bond acceptors (Lipinski definition) is 7. The third kappa shape index (κ3) is 4.77. The van der Waals surface area contributed by atoms with Crippen LogP contribution in [0.2, 0.25) is 0 Å². The second-order valence-electron chi connectivity index (χ2n) is 7.74. The second kappa shape index (κ2) is 10.1. The van der Waals surface area contributed by atoms with Gasteiger partial charge in [-0.05, 0) is 44.1 Å². The van der Waals surface area contributed by atoms with E-state index >= 15 is 0 Å². The van der Waals surface area contributed by atoms with Gasteiger partial charge in [-0.15, -0.1) is 0 Å². The number of anilines is 1. The molecule has 170 valence electrons. The fourth-order valence-electron chi connectivity index (χ4n) is 4.22. The number of ether oxygens (including phenoxy) is 1. The quantitative estimate of drug-likeness (QED) is 0.513. The van der Waals surface area contributed by atoms with Gasteiger partial charge in [0.25, 0.3) is 0 Å². The molecule has 9 nitrogen and oxygen atoms in total. The van der Waals surface area contributed by atoms with Gasteiger partial charge in [-0.2, -0.15) is 8.42 Å². The number of aromatic amines is 1. The topological polar surface area (TPSA) is 103 Å². The third-order valence-electron chi connectivity index (χ3n) is 5.89. The fourth-order valence-corrected chi connectivity index (χ4v) is 4.70. The number of rotatable bonds is 7. The van der Waals surface area contributed by atoms with Gasteiger partial charge in [0, 0.05) is 48.8 Å². The van der Waals surface area contributed by atoms with E-state index in [1.807, 2.05) is 24.4 Å². The van der Waals surface area contributed by atoms with Crippen molar-refractivity contribution in [3.8, 4) is 5.75 Å². The molecule has 1 aliphatic heterocycles. The van der Waals surface area contributed by atoms with Gasteiger partial charge in [-0.25, -0.2) is 9.97 Å². The number of fused-ring (bicyclic) bond motifs is 1. The molecule has 2 N–H and O–H groups in total. The third-order valence-corrected chi connectivity index (χ3v) is 6.67. The summed E-state index contributed by atoms with van der Waals surface area (Å²) in [7, 11) is 0.961. The summed E-state index contributed by atoms with van der Waals surface area (Å²) >= 11 is 0. The average molecular weight is 457 g/mol. The molecule has 3 aromatic rings. The minimum Gasteiger partial charge on any atom is -0.491 e. The molecule has 1 aromatic carbocycles. The molecule has 10 heteroatoms. The van der Waals surface area contributed by atoms with Gasteiger partial charge >= 0.3 is 0 Å². The van der Waals surface area contributed by atoms with Crippen molar-refractivity contribution in [1.29, 1.82) is 0 Å². The van der Waals surface area contributed by atoms with Crippen LogP contribution >= 0.6 is 0 Å². The summed E-state index contributed by atoms with van der Waals surface area (Å²) in [4.78, 5) is 16.6. The first-order valence-electron chi connectivity index (χ1n) is 10.7. The van der Waals surface area contributed by atoms with E-state index in [-0.39, 0.29) is 4.99 Å². The maximum Gasteiger partial charge on any atom is 0.233 e. The largest absolute Gasteiger partial charge is 0.491 e. The molecule has 0 amide bonds. The number of H-pyrrole nitrogens is 1. The molecule has 0 radical (unpaired) electrons. The first kappa shape index (κ1) is 22.3. The number of piperazine rings is 1. The number of nitrogens with zero attached hydrogens (tertiary/aromatic N) is 4. The van der Waals surface area contributed by atoms with Crippen molar-refractivity contribution in [1.82, 2.24) is 25.2 Å². The average Bonchev–Trinajstić information content (AvgIpc) is 3.22. The van der Waals surface area contributed by atoms with Crippen molar-refractivity contribution in [2.75, 3.05) is 51.8 Å². The molecule has 0 atom stereocenters. The zero-order chi connectivity index (χ0) is 22.5. The standard InChI is InChI=1S/C22H28N6O3S/c1-23-22(32(29)30)16-5-6-19-18(12-16)17(13-25-19)4-3-7-27-8-10-28(11-9-27)21-20(31-2)14-24-15-26-21/h5-6,12-15,23,25H,3-4,7-11H2,1-2H3. The molecule has 1 aliphatic rings. The van der Waals surface area contributed by atoms with Gasteiger partial charge in [-0.3, -0.25) is 10.2 Å². The van der Waals surface area contributed by atoms with Crippen LogP contribution in [-0.2, 0) is 16.7 Å². The Balaban J connectivity index is 1.35. The van der Waals surface area contributed by atoms with E-state index in [2.05, 4.69) is 30.1 Å². The summed E-state index contributed by atoms with van der Waals surface area (Å²) in [5.74, 6) is 1.56. The van der Waals surface area contributed by atoms with Crippen molar-refractivity contribution < 1.29 is 13.2 Å². The van der Waals surface area contributed by atoms with Crippen molar-refractivity contribution in [3.63, 3.8) is 0 Å². The fraction of sp³-hybridized carbons (Fsp3) is 0.409. The monoisotopic (exact) mass is 456 g/mol. The maximum absolute atomic E-state index is 11.5. The molecule has 1 saturated heterocycles. The van der Waals surface area contributed by atoms with Gasteiger partial charge in [0.2, 0.25) is 10.3 Å². The zero-order valence-corrected chi connectivity index (χ0v) is 19.2. The molecule has 3 heterocycles. The molecular weight excluding hydrogens is 428 g/mol. The van der Waals surface area contributed by atoms with E-state index in [1.165, 1.54) is 5.56 Å². The number of aromatic nitrogens is 3. The van der Waals surface area contributed by atoms with E-state index in [9.17, 15) is 8.42 Å². The lowest BCUT2D eigenvalue weighted by Crippen LogP contribution is -2.47. The lowest BCUT2D eigenvalue weighted by molar-refractivity contribution is 0.253. The van der Waals surface area contributed by atoms with E-state index in [0.29, 0.717) is 11.3 Å². The Labute approximate surface area is 189 Å². The molecule has 1 fully saturated rings. The summed E-state index contributed by atoms with van der Waals surface area (Å²) in [6.45, 7) is 4.76. The van der Waals surface area contributed by atoms with Crippen LogP contribution in [0.1, 0.15) is 17.5 Å². The first-order chi connectivity index (χ1) is 15.6. The smallest absolute Gasteiger partial charge is 0.233 e. The highest BCUT2D eigenvalue weighted by Gasteiger charge is 2.20. The lowest BCUT2D eigenvalue weighted by Gasteiger charge is -2.35. The van der Waals surface area contributed by atoms with Crippen molar-refractivity contribution >= 4 is 32.0 Å². The highest BCUT2D eigenvalue weighted by atomic mass is 32.2. The molecule has 0 unspecified atom stereocenters. The van der Waals surface area contributed by atoms with Crippen LogP contribution in [0.15, 0.2) is 36.9 Å². The number of aryl methyl sites for hydroxylation is 1. The Morgan fingerprint density at radius 3 is 2.78 bits per heavy atom. The predicted molar refractivity (Wildman–Crippen MR) is 126 cm³/mol. The first-order valence-corrected chi connectivity index (χ1v) is 11.7. The van der Waals surface area contributed by atoms with Gasteiger partial charge in [0.05, 0.1) is 13.3 Å². The molecule has 0 bridgehead atoms. The van der Waals surface area contributed by atoms with Crippen molar-refractivity contribution in [2.45, 2.75) is 12.8 Å². The number of nitrogens with one attached hydrogen (secondary N) is 2. The molecule has 4 rings (SSSR count). The number of methoxy groups -OCH3 is 1. The molecule has 32 heavy (non-hydrogen) atoms. The van der Waals surface area contributed by atoms with Crippen molar-refractivity contribution in [2.24, 2.45) is 0 Å². The number of hydrogen-bond donors (Lipinski definition) is 2. The minimum absolute atomic E-state index is 0.206. The van der Waals surface area contributed by atoms with E-state index < -0.39 is 10.3 Å². The van der Waals surface area contributed by atoms with Crippen LogP contribution in [0.25, 0.3) is 10.9 Å². The van der Waals surface area contributed by atoms with Gasteiger partial charge in [-0.1, -0.05) is 6.07 Å². The lowest BCUT2D eigenvalue weighted by atomic mass is 10.1. The number of benzene rings is 1. The van der Waals surface area contributed by atoms with Crippen LogP contribution in [0.3, 0.4) is 0 Å². The Kier molecular flexibility index (Phi) is 7.03. The van der Waals surface area contributed by atoms with Crippen LogP contribution in [-0.4, -0.2) is 80.1 Å². The van der Waals surface area contributed by atoms with Gasteiger partial charge in [0.1, 0.15) is 11.3 Å². The zero-order valence-electron chi connectivity index (χ0n) is 18.3. The summed E-state index contributed by atoms with van der Waals surface area (Å²) < 4.78 is 28.3. The van der Waals surface area contributed by atoms with Crippen molar-refractivity contribution in [3.05, 3.63) is 48.0 Å². The summed E-state index contributed by atoms with van der Waals surface area (Å²) in [6.07, 6.45) is 7.25. The highest BCUT2D eigenvalue weighted by Crippen LogP contribution is 2.25. The summed E-state index contributed by atoms with van der Waals surface area (Å²) in [5.41, 5.74) is 2.90. The molecule has 2 aromatic heterocycles. The summed E-state index contributed by atoms with van der Waals surface area (Å²) in [5, 5.41) is 3.84. The van der Waals surface area contributed by atoms with E-state index in [4.69, 9.17) is 4.74 Å². The van der Waals surface area contributed by atoms with Crippen LogP contribution in [0.4, 0.5) is 5.82 Å². The minimum atomic E-state index is -2.30. The van der Waals surface area contributed by atoms with Crippen LogP contribution < -0.4 is 15.0 Å². The molecule has 0 aliphatic carbocycles. The van der Waals surface area contributed by atoms with E-state index in [0.717, 1.165) is 62.3 Å². The molecular formula is C22H28N6O3S. The SMILES string of the molecule is CNC(c1ccc2[nH]cc(CCCN3CCN(c4ncncc4OC)CC3)c2c1)=S(=O)=O. The summed E-state index contributed by atoms with van der Waals surface area (Å²) in [6, 6.07) is 5.69. The van der Waals surface area contributed by atoms with Gasteiger partial charge in [0.15, 0.2) is 11.6 Å². The Hall–Kier alpha value is -2.95. The normalized spacial score (nSPS) is 14.6. The molecule has 0 saturated carbocycles. The van der Waals surface area contributed by atoms with E-state index in [1.54, 1.807) is 26.7 Å². The van der Waals surface area contributed by atoms with Crippen LogP contribution in [0, 0.1) is 0 Å². The Morgan fingerprint density at radius 1 is 1.25 bits per heavy atom. The maximum atomic E-state index is 11.5.